The summed E-state index contributed by atoms with van der Waals surface area (Å²) in [5.41, 5.74) is 2.83. The maximum absolute atomic E-state index is 13.3. The van der Waals surface area contributed by atoms with Gasteiger partial charge in [0.15, 0.2) is 0 Å². The summed E-state index contributed by atoms with van der Waals surface area (Å²) in [7, 11) is 0. The van der Waals surface area contributed by atoms with E-state index in [0.717, 1.165) is 35.4 Å². The lowest BCUT2D eigenvalue weighted by Crippen LogP contribution is -2.30. The fraction of sp³-hybridized carbons (Fsp3) is 0.300. The number of nitrogens with zero attached hydrogens (tertiary/aromatic N) is 3. The molecule has 1 aromatic heterocycles. The molecule has 0 radical (unpaired) electrons. The Kier molecular flexibility index (Phi) is 3.99. The van der Waals surface area contributed by atoms with Crippen molar-refractivity contribution in [2.45, 2.75) is 25.8 Å². The van der Waals surface area contributed by atoms with Gasteiger partial charge in [0.25, 0.3) is 0 Å². The Morgan fingerprint density at radius 2 is 2.08 bits per heavy atom. The molecule has 1 aliphatic rings. The van der Waals surface area contributed by atoms with Crippen molar-refractivity contribution in [3.63, 3.8) is 0 Å². The number of imidazole rings is 1. The van der Waals surface area contributed by atoms with Crippen molar-refractivity contribution in [3.8, 4) is 0 Å². The number of hydrogen-bond donors (Lipinski definition) is 0. The molecule has 1 fully saturated rings. The lowest BCUT2D eigenvalue weighted by atomic mass is 10.1. The molecule has 3 aromatic rings. The molecule has 0 unspecified atom stereocenters. The molecule has 1 saturated heterocycles. The van der Waals surface area contributed by atoms with Gasteiger partial charge in [0.05, 0.1) is 23.5 Å². The number of rotatable bonds is 3. The highest BCUT2D eigenvalue weighted by molar-refractivity contribution is 5.79. The Hall–Kier alpha value is -2.69. The minimum atomic E-state index is -0.301. The van der Waals surface area contributed by atoms with Gasteiger partial charge in [-0.2, -0.15) is 0 Å². The first-order chi connectivity index (χ1) is 12.1. The van der Waals surface area contributed by atoms with Crippen LogP contribution in [0.15, 0.2) is 48.5 Å². The predicted molar refractivity (Wildman–Crippen MR) is 94.8 cm³/mol. The molecule has 0 saturated carbocycles. The molecule has 128 valence electrons. The quantitative estimate of drug-likeness (QED) is 0.734. The standard InChI is InChI=1S/C20H20FN3O/c1-14-22-18-7-2-3-8-19(18)24(14)17-9-10-23(13-17)20(25)12-15-5-4-6-16(21)11-15/h2-8,11,17H,9-10,12-13H2,1H3/t17-/m0/s1. The highest BCUT2D eigenvalue weighted by atomic mass is 19.1. The summed E-state index contributed by atoms with van der Waals surface area (Å²) in [6.07, 6.45) is 1.16. The number of hydrogen-bond acceptors (Lipinski definition) is 2. The molecule has 0 bridgehead atoms. The first-order valence-corrected chi connectivity index (χ1v) is 8.57. The molecule has 4 rings (SSSR count). The molecule has 2 aromatic carbocycles. The van der Waals surface area contributed by atoms with Crippen molar-refractivity contribution in [3.05, 3.63) is 65.7 Å². The molecule has 4 nitrogen and oxygen atoms in total. The molecule has 0 spiro atoms. The topological polar surface area (TPSA) is 38.1 Å². The lowest BCUT2D eigenvalue weighted by molar-refractivity contribution is -0.129. The Morgan fingerprint density at radius 3 is 2.92 bits per heavy atom. The number of aromatic nitrogens is 2. The van der Waals surface area contributed by atoms with E-state index in [-0.39, 0.29) is 24.2 Å². The van der Waals surface area contributed by atoms with E-state index in [9.17, 15) is 9.18 Å². The lowest BCUT2D eigenvalue weighted by Gasteiger charge is -2.18. The summed E-state index contributed by atoms with van der Waals surface area (Å²) in [4.78, 5) is 19.1. The molecule has 1 amide bonds. The molecule has 0 aliphatic carbocycles. The number of halogens is 1. The minimum Gasteiger partial charge on any atom is -0.340 e. The largest absolute Gasteiger partial charge is 0.340 e. The summed E-state index contributed by atoms with van der Waals surface area (Å²) in [6.45, 7) is 3.41. The number of carbonyl (C=O) groups excluding carboxylic acids is 1. The van der Waals surface area contributed by atoms with Crippen LogP contribution in [0, 0.1) is 12.7 Å². The number of amides is 1. The average Bonchev–Trinajstić information content (AvgIpc) is 3.18. The van der Waals surface area contributed by atoms with E-state index in [2.05, 4.69) is 15.6 Å². The summed E-state index contributed by atoms with van der Waals surface area (Å²) < 4.78 is 15.5. The zero-order chi connectivity index (χ0) is 17.4. The van der Waals surface area contributed by atoms with Crippen LogP contribution in [0.2, 0.25) is 0 Å². The number of aryl methyl sites for hydroxylation is 1. The second kappa shape index (κ2) is 6.31. The van der Waals surface area contributed by atoms with Crippen LogP contribution in [0.4, 0.5) is 4.39 Å². The molecule has 5 heteroatoms. The molecular weight excluding hydrogens is 317 g/mol. The van der Waals surface area contributed by atoms with Crippen molar-refractivity contribution < 1.29 is 9.18 Å². The van der Waals surface area contributed by atoms with Crippen molar-refractivity contribution in [2.75, 3.05) is 13.1 Å². The van der Waals surface area contributed by atoms with Gasteiger partial charge < -0.3 is 9.47 Å². The maximum Gasteiger partial charge on any atom is 0.227 e. The molecule has 2 heterocycles. The third-order valence-electron chi connectivity index (χ3n) is 4.90. The number of fused-ring (bicyclic) bond motifs is 1. The number of likely N-dealkylation sites (tertiary alicyclic amines) is 1. The predicted octanol–water partition coefficient (Wildman–Crippen LogP) is 3.50. The van der Waals surface area contributed by atoms with Crippen LogP contribution in [0.5, 0.6) is 0 Å². The monoisotopic (exact) mass is 337 g/mol. The Morgan fingerprint density at radius 1 is 1.24 bits per heavy atom. The van der Waals surface area contributed by atoms with Gasteiger partial charge in [-0.1, -0.05) is 24.3 Å². The Labute approximate surface area is 145 Å². The highest BCUT2D eigenvalue weighted by Crippen LogP contribution is 2.28. The molecule has 0 N–H and O–H groups in total. The van der Waals surface area contributed by atoms with Crippen molar-refractivity contribution in [1.29, 1.82) is 0 Å². The zero-order valence-corrected chi connectivity index (χ0v) is 14.2. The highest BCUT2D eigenvalue weighted by Gasteiger charge is 2.29. The summed E-state index contributed by atoms with van der Waals surface area (Å²) in [5.74, 6) is 0.728. The van der Waals surface area contributed by atoms with Crippen LogP contribution in [0.25, 0.3) is 11.0 Å². The Balaban J connectivity index is 1.51. The third kappa shape index (κ3) is 3.02. The van der Waals surface area contributed by atoms with Crippen LogP contribution < -0.4 is 0 Å². The van der Waals surface area contributed by atoms with E-state index in [1.54, 1.807) is 12.1 Å². The van der Waals surface area contributed by atoms with E-state index in [1.165, 1.54) is 12.1 Å². The second-order valence-corrected chi connectivity index (χ2v) is 6.61. The summed E-state index contributed by atoms with van der Waals surface area (Å²) in [5, 5.41) is 0. The van der Waals surface area contributed by atoms with E-state index in [1.807, 2.05) is 30.0 Å². The number of benzene rings is 2. The van der Waals surface area contributed by atoms with Crippen LogP contribution in [0.1, 0.15) is 23.9 Å². The molecular formula is C20H20FN3O. The van der Waals surface area contributed by atoms with Crippen molar-refractivity contribution in [1.82, 2.24) is 14.5 Å². The maximum atomic E-state index is 13.3. The van der Waals surface area contributed by atoms with Crippen LogP contribution in [-0.2, 0) is 11.2 Å². The van der Waals surface area contributed by atoms with Crippen LogP contribution in [0.3, 0.4) is 0 Å². The van der Waals surface area contributed by atoms with E-state index < -0.39 is 0 Å². The van der Waals surface area contributed by atoms with Gasteiger partial charge in [-0.3, -0.25) is 4.79 Å². The van der Waals surface area contributed by atoms with Gasteiger partial charge in [-0.15, -0.1) is 0 Å². The van der Waals surface area contributed by atoms with Crippen LogP contribution in [-0.4, -0.2) is 33.4 Å². The fourth-order valence-electron chi connectivity index (χ4n) is 3.74. The fourth-order valence-corrected chi connectivity index (χ4v) is 3.74. The minimum absolute atomic E-state index is 0.0511. The zero-order valence-electron chi connectivity index (χ0n) is 14.2. The van der Waals surface area contributed by atoms with E-state index >= 15 is 0 Å². The van der Waals surface area contributed by atoms with Gasteiger partial charge in [0.1, 0.15) is 11.6 Å². The third-order valence-corrected chi connectivity index (χ3v) is 4.90. The summed E-state index contributed by atoms with van der Waals surface area (Å²) >= 11 is 0. The number of para-hydroxylation sites is 2. The first kappa shape index (κ1) is 15.8. The molecule has 25 heavy (non-hydrogen) atoms. The second-order valence-electron chi connectivity index (χ2n) is 6.61. The van der Waals surface area contributed by atoms with Crippen molar-refractivity contribution >= 4 is 16.9 Å². The normalized spacial score (nSPS) is 17.4. The van der Waals surface area contributed by atoms with Gasteiger partial charge in [0, 0.05) is 13.1 Å². The van der Waals surface area contributed by atoms with Gasteiger partial charge in [0.2, 0.25) is 5.91 Å². The first-order valence-electron chi connectivity index (χ1n) is 8.57. The Bertz CT molecular complexity index is 934. The van der Waals surface area contributed by atoms with Gasteiger partial charge in [-0.05, 0) is 43.2 Å². The molecule has 1 atom stereocenters. The van der Waals surface area contributed by atoms with E-state index in [4.69, 9.17) is 0 Å². The smallest absolute Gasteiger partial charge is 0.227 e. The molecule has 1 aliphatic heterocycles. The van der Waals surface area contributed by atoms with Crippen LogP contribution >= 0.6 is 0 Å². The van der Waals surface area contributed by atoms with Gasteiger partial charge in [-0.25, -0.2) is 9.37 Å². The number of carbonyl (C=O) groups is 1. The summed E-state index contributed by atoms with van der Waals surface area (Å²) in [6, 6.07) is 14.6. The SMILES string of the molecule is Cc1nc2ccccc2n1[C@H]1CCN(C(=O)Cc2cccc(F)c2)C1. The van der Waals surface area contributed by atoms with E-state index in [0.29, 0.717) is 6.54 Å². The average molecular weight is 337 g/mol. The van der Waals surface area contributed by atoms with Gasteiger partial charge >= 0.3 is 0 Å². The van der Waals surface area contributed by atoms with Crippen molar-refractivity contribution in [2.24, 2.45) is 0 Å².